The highest BCUT2D eigenvalue weighted by Crippen LogP contribution is 2.21. The molecular formula is C13H13BrN4O2. The molecule has 0 fully saturated rings. The van der Waals surface area contributed by atoms with Crippen molar-refractivity contribution >= 4 is 33.5 Å². The minimum Gasteiger partial charge on any atom is -0.481 e. The Labute approximate surface area is 124 Å². The number of benzene rings is 1. The van der Waals surface area contributed by atoms with Gasteiger partial charge in [0.05, 0.1) is 12.7 Å². The van der Waals surface area contributed by atoms with Gasteiger partial charge in [-0.05, 0) is 41.1 Å². The maximum Gasteiger partial charge on any atom is 0.259 e. The third kappa shape index (κ3) is 3.24. The normalized spacial score (nSPS) is 10.2. The summed E-state index contributed by atoms with van der Waals surface area (Å²) in [4.78, 5) is 20.4. The van der Waals surface area contributed by atoms with Gasteiger partial charge in [-0.15, -0.1) is 0 Å². The molecule has 0 unspecified atom stereocenters. The number of rotatable bonds is 3. The summed E-state index contributed by atoms with van der Waals surface area (Å²) in [6.45, 7) is 1.79. The number of carbonyl (C=O) groups is 1. The molecule has 0 saturated heterocycles. The molecule has 6 nitrogen and oxygen atoms in total. The van der Waals surface area contributed by atoms with E-state index in [0.717, 1.165) is 0 Å². The molecule has 1 aromatic heterocycles. The number of hydrogen-bond acceptors (Lipinski definition) is 5. The van der Waals surface area contributed by atoms with E-state index in [1.807, 2.05) is 0 Å². The topological polar surface area (TPSA) is 90.1 Å². The van der Waals surface area contributed by atoms with Gasteiger partial charge in [0, 0.05) is 21.9 Å². The van der Waals surface area contributed by atoms with Crippen molar-refractivity contribution in [1.82, 2.24) is 9.97 Å². The van der Waals surface area contributed by atoms with Crippen molar-refractivity contribution in [3.05, 3.63) is 40.0 Å². The Balaban J connectivity index is 2.27. The molecule has 104 valence electrons. The molecule has 0 aliphatic carbocycles. The summed E-state index contributed by atoms with van der Waals surface area (Å²) < 4.78 is 5.68. The Morgan fingerprint density at radius 3 is 2.80 bits per heavy atom. The van der Waals surface area contributed by atoms with Gasteiger partial charge >= 0.3 is 0 Å². The van der Waals surface area contributed by atoms with E-state index in [0.29, 0.717) is 27.3 Å². The SMILES string of the molecule is COc1cc(C)nc(NC(=O)c2cc(N)ccc2Br)n1. The summed E-state index contributed by atoms with van der Waals surface area (Å²) in [5.41, 5.74) is 7.28. The molecule has 1 heterocycles. The fourth-order valence-electron chi connectivity index (χ4n) is 1.59. The predicted molar refractivity (Wildman–Crippen MR) is 79.8 cm³/mol. The Kier molecular flexibility index (Phi) is 4.19. The molecule has 20 heavy (non-hydrogen) atoms. The number of halogens is 1. The number of nitrogens with zero attached hydrogens (tertiary/aromatic N) is 2. The lowest BCUT2D eigenvalue weighted by Crippen LogP contribution is -2.15. The van der Waals surface area contributed by atoms with E-state index in [2.05, 4.69) is 31.2 Å². The van der Waals surface area contributed by atoms with Crippen LogP contribution >= 0.6 is 15.9 Å². The van der Waals surface area contributed by atoms with Crippen LogP contribution < -0.4 is 15.8 Å². The third-order valence-electron chi connectivity index (χ3n) is 2.50. The summed E-state index contributed by atoms with van der Waals surface area (Å²) in [5.74, 6) is 0.220. The van der Waals surface area contributed by atoms with Crippen LogP contribution in [-0.4, -0.2) is 23.0 Å². The maximum atomic E-state index is 12.2. The number of methoxy groups -OCH3 is 1. The second-order valence-electron chi connectivity index (χ2n) is 4.07. The molecule has 0 atom stereocenters. The van der Waals surface area contributed by atoms with E-state index in [4.69, 9.17) is 10.5 Å². The molecule has 0 aliphatic heterocycles. The quantitative estimate of drug-likeness (QED) is 0.840. The number of ether oxygens (including phenoxy) is 1. The fraction of sp³-hybridized carbons (Fsp3) is 0.154. The second-order valence-corrected chi connectivity index (χ2v) is 4.92. The van der Waals surface area contributed by atoms with Crippen LogP contribution in [0.2, 0.25) is 0 Å². The Bertz CT molecular complexity index is 661. The highest BCUT2D eigenvalue weighted by Gasteiger charge is 2.13. The highest BCUT2D eigenvalue weighted by atomic mass is 79.9. The first kappa shape index (κ1) is 14.3. The van der Waals surface area contributed by atoms with Gasteiger partial charge in [0.1, 0.15) is 0 Å². The first-order valence-corrected chi connectivity index (χ1v) is 6.55. The molecule has 0 spiro atoms. The summed E-state index contributed by atoms with van der Waals surface area (Å²) in [7, 11) is 1.50. The van der Waals surface area contributed by atoms with Gasteiger partial charge < -0.3 is 10.5 Å². The lowest BCUT2D eigenvalue weighted by atomic mass is 10.2. The number of aromatic nitrogens is 2. The minimum absolute atomic E-state index is 0.182. The summed E-state index contributed by atoms with van der Waals surface area (Å²) in [6, 6.07) is 6.66. The van der Waals surface area contributed by atoms with Crippen LogP contribution in [0.5, 0.6) is 5.88 Å². The van der Waals surface area contributed by atoms with E-state index in [1.54, 1.807) is 31.2 Å². The minimum atomic E-state index is -0.350. The Hall–Kier alpha value is -2.15. The standard InChI is InChI=1S/C13H13BrN4O2/c1-7-5-11(20-2)17-13(16-7)18-12(19)9-6-8(15)3-4-10(9)14/h3-6H,15H2,1-2H3,(H,16,17,18,19). The second kappa shape index (κ2) is 5.87. The number of carbonyl (C=O) groups excluding carboxylic acids is 1. The van der Waals surface area contributed by atoms with Crippen molar-refractivity contribution in [2.24, 2.45) is 0 Å². The monoisotopic (exact) mass is 336 g/mol. The molecule has 0 saturated carbocycles. The van der Waals surface area contributed by atoms with E-state index in [9.17, 15) is 4.79 Å². The average molecular weight is 337 g/mol. The van der Waals surface area contributed by atoms with Gasteiger partial charge in [0.15, 0.2) is 0 Å². The third-order valence-corrected chi connectivity index (χ3v) is 3.19. The van der Waals surface area contributed by atoms with E-state index < -0.39 is 0 Å². The molecule has 3 N–H and O–H groups in total. The van der Waals surface area contributed by atoms with Crippen LogP contribution in [0.15, 0.2) is 28.7 Å². The Morgan fingerprint density at radius 1 is 1.35 bits per heavy atom. The van der Waals surface area contributed by atoms with Crippen molar-refractivity contribution in [2.75, 3.05) is 18.2 Å². The van der Waals surface area contributed by atoms with Crippen LogP contribution in [0.1, 0.15) is 16.1 Å². The molecular weight excluding hydrogens is 324 g/mol. The molecule has 7 heteroatoms. The van der Waals surface area contributed by atoms with Gasteiger partial charge in [-0.2, -0.15) is 4.98 Å². The van der Waals surface area contributed by atoms with Crippen molar-refractivity contribution in [3.8, 4) is 5.88 Å². The summed E-state index contributed by atoms with van der Waals surface area (Å²) in [6.07, 6.45) is 0. The summed E-state index contributed by atoms with van der Waals surface area (Å²) in [5, 5.41) is 2.62. The largest absolute Gasteiger partial charge is 0.481 e. The lowest BCUT2D eigenvalue weighted by Gasteiger charge is -2.08. The molecule has 0 bridgehead atoms. The van der Waals surface area contributed by atoms with E-state index >= 15 is 0 Å². The van der Waals surface area contributed by atoms with Crippen LogP contribution in [0, 0.1) is 6.92 Å². The van der Waals surface area contributed by atoms with Crippen molar-refractivity contribution in [3.63, 3.8) is 0 Å². The van der Waals surface area contributed by atoms with Crippen molar-refractivity contribution in [2.45, 2.75) is 6.92 Å². The van der Waals surface area contributed by atoms with Gasteiger partial charge in [0.2, 0.25) is 11.8 Å². The van der Waals surface area contributed by atoms with Gasteiger partial charge in [-0.1, -0.05) is 0 Å². The zero-order chi connectivity index (χ0) is 14.7. The zero-order valence-corrected chi connectivity index (χ0v) is 12.6. The van der Waals surface area contributed by atoms with Crippen LogP contribution in [0.4, 0.5) is 11.6 Å². The van der Waals surface area contributed by atoms with Gasteiger partial charge in [0.25, 0.3) is 5.91 Å². The highest BCUT2D eigenvalue weighted by molar-refractivity contribution is 9.10. The number of nitrogens with two attached hydrogens (primary N) is 1. The molecule has 1 amide bonds. The number of amides is 1. The van der Waals surface area contributed by atoms with Crippen LogP contribution in [0.3, 0.4) is 0 Å². The molecule has 0 radical (unpaired) electrons. The zero-order valence-electron chi connectivity index (χ0n) is 11.0. The number of anilines is 2. The average Bonchev–Trinajstić information content (AvgIpc) is 2.40. The first-order valence-electron chi connectivity index (χ1n) is 5.75. The number of nitrogen functional groups attached to an aromatic ring is 1. The van der Waals surface area contributed by atoms with E-state index in [-0.39, 0.29) is 11.9 Å². The number of aryl methyl sites for hydroxylation is 1. The first-order chi connectivity index (χ1) is 9.49. The number of hydrogen-bond donors (Lipinski definition) is 2. The van der Waals surface area contributed by atoms with Crippen molar-refractivity contribution < 1.29 is 9.53 Å². The van der Waals surface area contributed by atoms with Crippen LogP contribution in [0.25, 0.3) is 0 Å². The van der Waals surface area contributed by atoms with Crippen LogP contribution in [-0.2, 0) is 0 Å². The summed E-state index contributed by atoms with van der Waals surface area (Å²) >= 11 is 3.31. The fourth-order valence-corrected chi connectivity index (χ4v) is 2.01. The number of nitrogens with one attached hydrogen (secondary N) is 1. The van der Waals surface area contributed by atoms with E-state index in [1.165, 1.54) is 7.11 Å². The molecule has 0 aliphatic rings. The van der Waals surface area contributed by atoms with Crippen molar-refractivity contribution in [1.29, 1.82) is 0 Å². The molecule has 2 rings (SSSR count). The maximum absolute atomic E-state index is 12.2. The van der Waals surface area contributed by atoms with Gasteiger partial charge in [-0.25, -0.2) is 4.98 Å². The Morgan fingerprint density at radius 2 is 2.10 bits per heavy atom. The predicted octanol–water partition coefficient (Wildman–Crippen LogP) is 2.39. The lowest BCUT2D eigenvalue weighted by molar-refractivity contribution is 0.102. The smallest absolute Gasteiger partial charge is 0.259 e. The molecule has 2 aromatic rings. The van der Waals surface area contributed by atoms with Gasteiger partial charge in [-0.3, -0.25) is 10.1 Å². The molecule has 1 aromatic carbocycles.